The van der Waals surface area contributed by atoms with Gasteiger partial charge in [0.25, 0.3) is 11.5 Å². The smallest absolute Gasteiger partial charge is 0.319 e. The van der Waals surface area contributed by atoms with Crippen molar-refractivity contribution < 1.29 is 9.59 Å². The lowest BCUT2D eigenvalue weighted by atomic mass is 9.91. The van der Waals surface area contributed by atoms with Crippen LogP contribution in [0.1, 0.15) is 37.1 Å². The Hall–Kier alpha value is -3.19. The van der Waals surface area contributed by atoms with Crippen molar-refractivity contribution in [2.75, 3.05) is 0 Å². The normalized spacial score (nSPS) is 18.8. The molecule has 154 valence electrons. The topological polar surface area (TPSA) is 83.8 Å². The number of hydrogen-bond acceptors (Lipinski definition) is 4. The molecule has 1 N–H and O–H groups in total. The molecule has 1 aromatic carbocycles. The standard InChI is InChI=1S/C22H21ClN4O3/c1-3-4-14-5-7-15(8-6-14)22(2)20(29)27(21(30)25-22)13-17-11-19(28)26-12-16(23)9-10-18(26)24-17/h5-12H,3-4,13H2,1-2H3,(H,25,30). The molecule has 1 aliphatic rings. The largest absolute Gasteiger partial charge is 0.325 e. The van der Waals surface area contributed by atoms with Gasteiger partial charge in [-0.3, -0.25) is 18.9 Å². The molecular weight excluding hydrogens is 404 g/mol. The van der Waals surface area contributed by atoms with E-state index in [1.807, 2.05) is 24.3 Å². The molecule has 30 heavy (non-hydrogen) atoms. The summed E-state index contributed by atoms with van der Waals surface area (Å²) < 4.78 is 1.32. The molecule has 1 fully saturated rings. The maximum Gasteiger partial charge on any atom is 0.325 e. The van der Waals surface area contributed by atoms with E-state index in [4.69, 9.17) is 11.6 Å². The van der Waals surface area contributed by atoms with Gasteiger partial charge < -0.3 is 5.32 Å². The van der Waals surface area contributed by atoms with E-state index in [0.717, 1.165) is 17.7 Å². The highest BCUT2D eigenvalue weighted by atomic mass is 35.5. The maximum atomic E-state index is 13.2. The zero-order valence-electron chi connectivity index (χ0n) is 16.7. The van der Waals surface area contributed by atoms with Gasteiger partial charge in [0.15, 0.2) is 0 Å². The summed E-state index contributed by atoms with van der Waals surface area (Å²) in [6, 6.07) is 11.7. The minimum Gasteiger partial charge on any atom is -0.319 e. The molecule has 2 aromatic heterocycles. The van der Waals surface area contributed by atoms with Crippen LogP contribution < -0.4 is 10.9 Å². The quantitative estimate of drug-likeness (QED) is 0.637. The van der Waals surface area contributed by atoms with Gasteiger partial charge >= 0.3 is 6.03 Å². The molecule has 1 unspecified atom stereocenters. The lowest BCUT2D eigenvalue weighted by Gasteiger charge is -2.22. The molecular formula is C22H21ClN4O3. The van der Waals surface area contributed by atoms with E-state index in [1.165, 1.54) is 22.2 Å². The number of amides is 3. The molecule has 0 spiro atoms. The fourth-order valence-electron chi connectivity index (χ4n) is 3.70. The van der Waals surface area contributed by atoms with Crippen molar-refractivity contribution in [3.63, 3.8) is 0 Å². The Morgan fingerprint density at radius 2 is 1.83 bits per heavy atom. The molecule has 0 radical (unpaired) electrons. The molecule has 3 heterocycles. The molecule has 4 rings (SSSR count). The van der Waals surface area contributed by atoms with Crippen molar-refractivity contribution >= 4 is 29.2 Å². The maximum absolute atomic E-state index is 13.2. The number of pyridine rings is 1. The second-order valence-electron chi connectivity index (χ2n) is 7.55. The van der Waals surface area contributed by atoms with E-state index < -0.39 is 11.6 Å². The first-order valence-corrected chi connectivity index (χ1v) is 10.1. The highest BCUT2D eigenvalue weighted by Gasteiger charge is 2.49. The van der Waals surface area contributed by atoms with Crippen LogP contribution in [-0.4, -0.2) is 26.2 Å². The summed E-state index contributed by atoms with van der Waals surface area (Å²) in [5.74, 6) is -0.381. The fourth-order valence-corrected chi connectivity index (χ4v) is 3.86. The monoisotopic (exact) mass is 424 g/mol. The highest BCUT2D eigenvalue weighted by molar-refractivity contribution is 6.30. The van der Waals surface area contributed by atoms with Crippen LogP contribution in [0.2, 0.25) is 5.02 Å². The Morgan fingerprint density at radius 1 is 1.10 bits per heavy atom. The third kappa shape index (κ3) is 3.45. The van der Waals surface area contributed by atoms with Gasteiger partial charge in [-0.1, -0.05) is 49.2 Å². The number of nitrogens with zero attached hydrogens (tertiary/aromatic N) is 3. The van der Waals surface area contributed by atoms with Gasteiger partial charge in [-0.15, -0.1) is 0 Å². The van der Waals surface area contributed by atoms with Crippen LogP contribution in [0.5, 0.6) is 0 Å². The van der Waals surface area contributed by atoms with Gasteiger partial charge in [0.2, 0.25) is 0 Å². The summed E-state index contributed by atoms with van der Waals surface area (Å²) in [6.07, 6.45) is 3.46. The number of carbonyl (C=O) groups is 2. The van der Waals surface area contributed by atoms with E-state index in [0.29, 0.717) is 21.9 Å². The van der Waals surface area contributed by atoms with E-state index in [9.17, 15) is 14.4 Å². The number of aromatic nitrogens is 2. The van der Waals surface area contributed by atoms with Gasteiger partial charge in [-0.2, -0.15) is 0 Å². The number of nitrogens with one attached hydrogen (secondary N) is 1. The number of imide groups is 1. The van der Waals surface area contributed by atoms with Crippen LogP contribution in [0.25, 0.3) is 5.65 Å². The number of halogens is 1. The Balaban J connectivity index is 1.62. The number of benzene rings is 1. The predicted octanol–water partition coefficient (Wildman–Crippen LogP) is 3.27. The first-order chi connectivity index (χ1) is 14.3. The second-order valence-corrected chi connectivity index (χ2v) is 7.99. The van der Waals surface area contributed by atoms with E-state index >= 15 is 0 Å². The summed E-state index contributed by atoms with van der Waals surface area (Å²) >= 11 is 5.93. The van der Waals surface area contributed by atoms with Crippen LogP contribution in [0, 0.1) is 0 Å². The van der Waals surface area contributed by atoms with Gasteiger partial charge in [0.1, 0.15) is 11.2 Å². The third-order valence-electron chi connectivity index (χ3n) is 5.34. The molecule has 3 amide bonds. The summed E-state index contributed by atoms with van der Waals surface area (Å²) in [4.78, 5) is 43.6. The minimum atomic E-state index is -1.17. The third-order valence-corrected chi connectivity index (χ3v) is 5.57. The summed E-state index contributed by atoms with van der Waals surface area (Å²) in [5, 5.41) is 3.20. The molecule has 1 aliphatic heterocycles. The van der Waals surface area contributed by atoms with Crippen molar-refractivity contribution in [3.05, 3.63) is 80.9 Å². The molecule has 0 bridgehead atoms. The van der Waals surface area contributed by atoms with Crippen molar-refractivity contribution in [3.8, 4) is 0 Å². The van der Waals surface area contributed by atoms with Gasteiger partial charge in [0, 0.05) is 12.3 Å². The van der Waals surface area contributed by atoms with Crippen molar-refractivity contribution in [1.29, 1.82) is 0 Å². The predicted molar refractivity (Wildman–Crippen MR) is 113 cm³/mol. The fraction of sp³-hybridized carbons (Fsp3) is 0.273. The molecule has 7 nitrogen and oxygen atoms in total. The van der Waals surface area contributed by atoms with E-state index in [2.05, 4.69) is 17.2 Å². The second kappa shape index (κ2) is 7.57. The molecule has 0 aliphatic carbocycles. The number of fused-ring (bicyclic) bond motifs is 1. The number of aryl methyl sites for hydroxylation is 1. The Bertz CT molecular complexity index is 1210. The van der Waals surface area contributed by atoms with Crippen LogP contribution in [0.15, 0.2) is 53.5 Å². The van der Waals surface area contributed by atoms with E-state index in [1.54, 1.807) is 19.1 Å². The number of rotatable bonds is 5. The van der Waals surface area contributed by atoms with Crippen LogP contribution in [0.4, 0.5) is 4.79 Å². The zero-order chi connectivity index (χ0) is 21.5. The van der Waals surface area contributed by atoms with Crippen LogP contribution in [-0.2, 0) is 23.3 Å². The summed E-state index contributed by atoms with van der Waals surface area (Å²) in [6.45, 7) is 3.70. The molecule has 1 atom stereocenters. The van der Waals surface area contributed by atoms with Gasteiger partial charge in [0.05, 0.1) is 17.3 Å². The van der Waals surface area contributed by atoms with Gasteiger partial charge in [-0.05, 0) is 36.6 Å². The van der Waals surface area contributed by atoms with Crippen LogP contribution in [0.3, 0.4) is 0 Å². The van der Waals surface area contributed by atoms with Crippen molar-refractivity contribution in [2.24, 2.45) is 0 Å². The molecule has 0 saturated carbocycles. The summed E-state index contributed by atoms with van der Waals surface area (Å²) in [7, 11) is 0. The Labute approximate surface area is 178 Å². The van der Waals surface area contributed by atoms with Crippen LogP contribution >= 0.6 is 11.6 Å². The lowest BCUT2D eigenvalue weighted by molar-refractivity contribution is -0.131. The average molecular weight is 425 g/mol. The SMILES string of the molecule is CCCc1ccc(C2(C)NC(=O)N(Cc3cc(=O)n4cc(Cl)ccc4n3)C2=O)cc1. The molecule has 1 saturated heterocycles. The lowest BCUT2D eigenvalue weighted by Crippen LogP contribution is -2.40. The Kier molecular flexibility index (Phi) is 5.07. The van der Waals surface area contributed by atoms with Crippen molar-refractivity contribution in [2.45, 2.75) is 38.8 Å². The summed E-state index contributed by atoms with van der Waals surface area (Å²) in [5.41, 5.74) is 1.11. The number of urea groups is 1. The van der Waals surface area contributed by atoms with Crippen molar-refractivity contribution in [1.82, 2.24) is 19.6 Å². The number of hydrogen-bond donors (Lipinski definition) is 1. The average Bonchev–Trinajstić information content (AvgIpc) is 2.93. The molecule has 8 heteroatoms. The van der Waals surface area contributed by atoms with E-state index in [-0.39, 0.29) is 18.0 Å². The zero-order valence-corrected chi connectivity index (χ0v) is 17.4. The molecule has 3 aromatic rings. The minimum absolute atomic E-state index is 0.0947. The first-order valence-electron chi connectivity index (χ1n) is 9.73. The van der Waals surface area contributed by atoms with Gasteiger partial charge in [-0.25, -0.2) is 9.78 Å². The Morgan fingerprint density at radius 3 is 2.53 bits per heavy atom. The number of carbonyl (C=O) groups excluding carboxylic acids is 2. The first kappa shape index (κ1) is 20.1. The highest BCUT2D eigenvalue weighted by Crippen LogP contribution is 2.30.